The number of likely N-dealkylation sites (tertiary alicyclic amines) is 1. The van der Waals surface area contributed by atoms with Gasteiger partial charge in [0.1, 0.15) is 5.52 Å². The Morgan fingerprint density at radius 1 is 1.36 bits per heavy atom. The molecule has 116 valence electrons. The molecule has 0 aliphatic carbocycles. The highest BCUT2D eigenvalue weighted by Gasteiger charge is 2.28. The van der Waals surface area contributed by atoms with Crippen molar-refractivity contribution in [2.24, 2.45) is 5.92 Å². The fraction of sp³-hybridized carbons (Fsp3) is 0.467. The van der Waals surface area contributed by atoms with Gasteiger partial charge in [-0.25, -0.2) is 0 Å². The molecule has 0 unspecified atom stereocenters. The second kappa shape index (κ2) is 6.23. The summed E-state index contributed by atoms with van der Waals surface area (Å²) >= 11 is 0. The van der Waals surface area contributed by atoms with E-state index in [9.17, 15) is 9.59 Å². The lowest BCUT2D eigenvalue weighted by atomic mass is 9.97. The Morgan fingerprint density at radius 3 is 2.82 bits per heavy atom. The van der Waals surface area contributed by atoms with Crippen LogP contribution in [0.1, 0.15) is 12.8 Å². The van der Waals surface area contributed by atoms with Crippen LogP contribution in [-0.2, 0) is 16.2 Å². The minimum absolute atomic E-state index is 0.0202. The van der Waals surface area contributed by atoms with Crippen LogP contribution in [0.15, 0.2) is 29.1 Å². The van der Waals surface area contributed by atoms with Gasteiger partial charge in [-0.3, -0.25) is 9.59 Å². The van der Waals surface area contributed by atoms with Crippen molar-refractivity contribution >= 4 is 16.9 Å². The minimum atomic E-state index is -0.137. The Morgan fingerprint density at radius 2 is 2.09 bits per heavy atom. The molecule has 0 bridgehead atoms. The molecule has 0 amide bonds. The Labute approximate surface area is 127 Å². The summed E-state index contributed by atoms with van der Waals surface area (Å²) in [5.41, 5.74) is 0.497. The smallest absolute Gasteiger partial charge is 0.309 e. The number of fused-ring (bicyclic) bond motifs is 1. The van der Waals surface area contributed by atoms with Crippen LogP contribution >= 0.6 is 0 Å². The maximum absolute atomic E-state index is 12.4. The summed E-state index contributed by atoms with van der Waals surface area (Å²) in [5.74, 6) is -0.158. The predicted octanol–water partition coefficient (Wildman–Crippen LogP) is -0.783. The first-order chi connectivity index (χ1) is 10.7. The third-order valence-electron chi connectivity index (χ3n) is 4.23. The summed E-state index contributed by atoms with van der Waals surface area (Å²) in [7, 11) is 1.42. The summed E-state index contributed by atoms with van der Waals surface area (Å²) in [6, 6.07) is 7.21. The highest BCUT2D eigenvalue weighted by Crippen LogP contribution is 2.11. The molecule has 0 spiro atoms. The molecule has 1 aliphatic rings. The standard InChI is InChI=1S/C15H18N4O3/c1-22-15(21)11-6-8-18(9-7-11)10-19-14(20)12-4-2-3-5-13(12)16-17-19/h2-5,11H,6-10H2,1H3/p+1. The number of benzene rings is 1. The molecule has 0 saturated carbocycles. The Balaban J connectivity index is 1.71. The molecule has 1 N–H and O–H groups in total. The average molecular weight is 303 g/mol. The van der Waals surface area contributed by atoms with Gasteiger partial charge in [0.25, 0.3) is 5.56 Å². The van der Waals surface area contributed by atoms with E-state index in [2.05, 4.69) is 10.3 Å². The Kier molecular flexibility index (Phi) is 4.15. The summed E-state index contributed by atoms with van der Waals surface area (Å²) in [6.45, 7) is 2.12. The molecular weight excluding hydrogens is 284 g/mol. The van der Waals surface area contributed by atoms with Crippen LogP contribution in [0.5, 0.6) is 0 Å². The number of aromatic nitrogens is 3. The van der Waals surface area contributed by atoms with E-state index < -0.39 is 0 Å². The predicted molar refractivity (Wildman–Crippen MR) is 79.2 cm³/mol. The number of methoxy groups -OCH3 is 1. The zero-order valence-corrected chi connectivity index (χ0v) is 12.5. The molecule has 1 aromatic heterocycles. The van der Waals surface area contributed by atoms with Crippen LogP contribution in [0.4, 0.5) is 0 Å². The molecular formula is C15H19N4O3+. The van der Waals surface area contributed by atoms with E-state index in [1.54, 1.807) is 12.1 Å². The van der Waals surface area contributed by atoms with Crippen LogP contribution in [0.2, 0.25) is 0 Å². The van der Waals surface area contributed by atoms with Crippen molar-refractivity contribution in [1.29, 1.82) is 0 Å². The molecule has 1 fully saturated rings. The largest absolute Gasteiger partial charge is 0.469 e. The number of rotatable bonds is 3. The number of carbonyl (C=O) groups is 1. The summed E-state index contributed by atoms with van der Waals surface area (Å²) < 4.78 is 6.20. The lowest BCUT2D eigenvalue weighted by Crippen LogP contribution is -3.12. The zero-order chi connectivity index (χ0) is 15.5. The molecule has 7 heteroatoms. The van der Waals surface area contributed by atoms with Gasteiger partial charge >= 0.3 is 5.97 Å². The van der Waals surface area contributed by atoms with E-state index in [4.69, 9.17) is 4.74 Å². The second-order valence-electron chi connectivity index (χ2n) is 5.62. The summed E-state index contributed by atoms with van der Waals surface area (Å²) in [5, 5.41) is 8.69. The van der Waals surface area contributed by atoms with Gasteiger partial charge in [0.05, 0.1) is 31.5 Å². The van der Waals surface area contributed by atoms with Crippen molar-refractivity contribution in [2.75, 3.05) is 20.2 Å². The first-order valence-electron chi connectivity index (χ1n) is 7.43. The van der Waals surface area contributed by atoms with Crippen molar-refractivity contribution in [3.8, 4) is 0 Å². The van der Waals surface area contributed by atoms with E-state index in [0.29, 0.717) is 17.6 Å². The second-order valence-corrected chi connectivity index (χ2v) is 5.62. The number of hydrogen-bond donors (Lipinski definition) is 1. The lowest BCUT2D eigenvalue weighted by Gasteiger charge is -2.27. The third-order valence-corrected chi connectivity index (χ3v) is 4.23. The van der Waals surface area contributed by atoms with Crippen LogP contribution in [0, 0.1) is 5.92 Å². The topological polar surface area (TPSA) is 78.5 Å². The normalized spacial score (nSPS) is 21.7. The maximum Gasteiger partial charge on any atom is 0.309 e. The van der Waals surface area contributed by atoms with E-state index in [-0.39, 0.29) is 17.4 Å². The minimum Gasteiger partial charge on any atom is -0.469 e. The first-order valence-corrected chi connectivity index (χ1v) is 7.43. The summed E-state index contributed by atoms with van der Waals surface area (Å²) in [6.07, 6.45) is 1.55. The van der Waals surface area contributed by atoms with Crippen molar-refractivity contribution < 1.29 is 14.4 Å². The van der Waals surface area contributed by atoms with Gasteiger partial charge in [0.2, 0.25) is 0 Å². The Hall–Kier alpha value is -2.28. The first kappa shape index (κ1) is 14.6. The number of nitrogens with zero attached hydrogens (tertiary/aromatic N) is 3. The van der Waals surface area contributed by atoms with Gasteiger partial charge in [0.15, 0.2) is 6.67 Å². The van der Waals surface area contributed by atoms with Crippen molar-refractivity contribution in [3.63, 3.8) is 0 Å². The molecule has 0 atom stereocenters. The number of carbonyl (C=O) groups excluding carboxylic acids is 1. The molecule has 1 aliphatic heterocycles. The van der Waals surface area contributed by atoms with Gasteiger partial charge in [-0.15, -0.1) is 5.10 Å². The fourth-order valence-electron chi connectivity index (χ4n) is 2.93. The summed E-state index contributed by atoms with van der Waals surface area (Å²) in [4.78, 5) is 25.1. The van der Waals surface area contributed by atoms with Gasteiger partial charge in [-0.2, -0.15) is 4.68 Å². The molecule has 1 aromatic carbocycles. The van der Waals surface area contributed by atoms with E-state index >= 15 is 0 Å². The maximum atomic E-state index is 12.4. The number of ether oxygens (including phenoxy) is 1. The molecule has 1 saturated heterocycles. The quantitative estimate of drug-likeness (QED) is 0.752. The molecule has 3 rings (SSSR count). The third kappa shape index (κ3) is 2.85. The van der Waals surface area contributed by atoms with Gasteiger partial charge in [-0.1, -0.05) is 17.3 Å². The van der Waals surface area contributed by atoms with E-state index in [1.165, 1.54) is 16.7 Å². The van der Waals surface area contributed by atoms with Gasteiger partial charge in [0, 0.05) is 12.8 Å². The fourth-order valence-corrected chi connectivity index (χ4v) is 2.93. The van der Waals surface area contributed by atoms with Crippen LogP contribution in [0.25, 0.3) is 10.9 Å². The van der Waals surface area contributed by atoms with E-state index in [0.717, 1.165) is 25.9 Å². The number of quaternary nitrogens is 1. The number of esters is 1. The highest BCUT2D eigenvalue weighted by atomic mass is 16.5. The molecule has 7 nitrogen and oxygen atoms in total. The number of hydrogen-bond acceptors (Lipinski definition) is 5. The van der Waals surface area contributed by atoms with Gasteiger partial charge < -0.3 is 9.64 Å². The molecule has 22 heavy (non-hydrogen) atoms. The van der Waals surface area contributed by atoms with Crippen molar-refractivity contribution in [2.45, 2.75) is 19.5 Å². The van der Waals surface area contributed by atoms with Crippen LogP contribution in [0.3, 0.4) is 0 Å². The Bertz CT molecular complexity index is 735. The molecule has 2 aromatic rings. The zero-order valence-electron chi connectivity index (χ0n) is 12.5. The number of piperidine rings is 1. The van der Waals surface area contributed by atoms with Crippen LogP contribution < -0.4 is 10.5 Å². The average Bonchev–Trinajstić information content (AvgIpc) is 2.57. The molecule has 0 radical (unpaired) electrons. The highest BCUT2D eigenvalue weighted by molar-refractivity contribution is 5.76. The SMILES string of the molecule is COC(=O)C1CC[NH+](Cn2nnc3ccccc3c2=O)CC1. The van der Waals surface area contributed by atoms with Crippen molar-refractivity contribution in [3.05, 3.63) is 34.6 Å². The lowest BCUT2D eigenvalue weighted by molar-refractivity contribution is -0.929. The van der Waals surface area contributed by atoms with Gasteiger partial charge in [-0.05, 0) is 12.1 Å². The monoisotopic (exact) mass is 303 g/mol. The van der Waals surface area contributed by atoms with Crippen LogP contribution in [-0.4, -0.2) is 41.2 Å². The van der Waals surface area contributed by atoms with Crippen molar-refractivity contribution in [1.82, 2.24) is 15.0 Å². The number of nitrogens with one attached hydrogen (secondary N) is 1. The molecule has 2 heterocycles. The van der Waals surface area contributed by atoms with E-state index in [1.807, 2.05) is 12.1 Å².